The second-order valence-corrected chi connectivity index (χ2v) is 6.99. The molecule has 0 atom stereocenters. The molecule has 1 aromatic heterocycles. The summed E-state index contributed by atoms with van der Waals surface area (Å²) in [6, 6.07) is 10.5. The van der Waals surface area contributed by atoms with Gasteiger partial charge in [0, 0.05) is 18.2 Å². The fraction of sp³-hybridized carbons (Fsp3) is 0.471. The zero-order valence-corrected chi connectivity index (χ0v) is 14.0. The predicted molar refractivity (Wildman–Crippen MR) is 90.8 cm³/mol. The molecule has 2 aromatic rings. The topological polar surface area (TPSA) is 36.4 Å². The van der Waals surface area contributed by atoms with Gasteiger partial charge in [0.15, 0.2) is 5.13 Å². The Balaban J connectivity index is 2.40. The first kappa shape index (κ1) is 16.0. The molecule has 21 heavy (non-hydrogen) atoms. The van der Waals surface area contributed by atoms with Gasteiger partial charge in [-0.2, -0.15) is 0 Å². The van der Waals surface area contributed by atoms with Crippen molar-refractivity contribution < 1.29 is 5.11 Å². The molecule has 0 amide bonds. The summed E-state index contributed by atoms with van der Waals surface area (Å²) in [6.07, 6.45) is 0. The van der Waals surface area contributed by atoms with E-state index in [4.69, 9.17) is 4.98 Å². The number of nitrogens with zero attached hydrogens (tertiary/aromatic N) is 2. The number of aliphatic hydroxyl groups excluding tert-OH is 1. The Hall–Kier alpha value is -1.39. The Morgan fingerprint density at radius 1 is 1.14 bits per heavy atom. The Morgan fingerprint density at radius 3 is 2.33 bits per heavy atom. The fourth-order valence-corrected chi connectivity index (χ4v) is 3.38. The SMILES string of the molecule is CC(C)CN(c1nc(-c2ccccc2)c(CO)s1)C(C)C. The molecule has 0 spiro atoms. The van der Waals surface area contributed by atoms with E-state index in [0.29, 0.717) is 12.0 Å². The number of hydrogen-bond donors (Lipinski definition) is 1. The lowest BCUT2D eigenvalue weighted by atomic mass is 10.1. The number of aromatic nitrogens is 1. The first-order valence-electron chi connectivity index (χ1n) is 7.45. The zero-order chi connectivity index (χ0) is 15.4. The van der Waals surface area contributed by atoms with Gasteiger partial charge in [-0.25, -0.2) is 4.98 Å². The predicted octanol–water partition coefficient (Wildman–Crippen LogP) is 4.17. The second kappa shape index (κ2) is 7.05. The van der Waals surface area contributed by atoms with Gasteiger partial charge in [-0.3, -0.25) is 0 Å². The molecule has 0 fully saturated rings. The number of rotatable bonds is 6. The molecule has 3 nitrogen and oxygen atoms in total. The minimum Gasteiger partial charge on any atom is -0.391 e. The summed E-state index contributed by atoms with van der Waals surface area (Å²) in [4.78, 5) is 8.07. The largest absolute Gasteiger partial charge is 0.391 e. The standard InChI is InChI=1S/C17H24N2OS/c1-12(2)10-19(13(3)4)17-18-16(15(11-20)21-17)14-8-6-5-7-9-14/h5-9,12-13,20H,10-11H2,1-4H3. The number of anilines is 1. The van der Waals surface area contributed by atoms with Crippen LogP contribution in [0, 0.1) is 5.92 Å². The van der Waals surface area contributed by atoms with E-state index in [0.717, 1.165) is 27.8 Å². The highest BCUT2D eigenvalue weighted by Gasteiger charge is 2.19. The van der Waals surface area contributed by atoms with Gasteiger partial charge in [0.1, 0.15) is 0 Å². The second-order valence-electron chi connectivity index (χ2n) is 5.93. The molecule has 0 aliphatic heterocycles. The van der Waals surface area contributed by atoms with Crippen LogP contribution >= 0.6 is 11.3 Å². The minimum absolute atomic E-state index is 0.0372. The molecule has 4 heteroatoms. The Kier molecular flexibility index (Phi) is 5.37. The molecule has 2 rings (SSSR count). The summed E-state index contributed by atoms with van der Waals surface area (Å²) in [5.74, 6) is 0.578. The monoisotopic (exact) mass is 304 g/mol. The van der Waals surface area contributed by atoms with E-state index in [9.17, 15) is 5.11 Å². The molecule has 1 heterocycles. The van der Waals surface area contributed by atoms with Crippen LogP contribution in [0.3, 0.4) is 0 Å². The van der Waals surface area contributed by atoms with Gasteiger partial charge < -0.3 is 10.0 Å². The minimum atomic E-state index is 0.0372. The normalized spacial score (nSPS) is 11.4. The maximum absolute atomic E-state index is 9.65. The van der Waals surface area contributed by atoms with Crippen molar-refractivity contribution in [3.8, 4) is 11.3 Å². The summed E-state index contributed by atoms with van der Waals surface area (Å²) in [7, 11) is 0. The van der Waals surface area contributed by atoms with Gasteiger partial charge in [0.05, 0.1) is 17.2 Å². The smallest absolute Gasteiger partial charge is 0.186 e. The van der Waals surface area contributed by atoms with Crippen molar-refractivity contribution in [3.63, 3.8) is 0 Å². The summed E-state index contributed by atoms with van der Waals surface area (Å²) >= 11 is 1.60. The third kappa shape index (κ3) is 3.83. The molecule has 0 radical (unpaired) electrons. The third-order valence-electron chi connectivity index (χ3n) is 3.31. The molecule has 1 aromatic carbocycles. The molecule has 0 bridgehead atoms. The van der Waals surface area contributed by atoms with Crippen molar-refractivity contribution in [2.75, 3.05) is 11.4 Å². The molecule has 1 N–H and O–H groups in total. The summed E-state index contributed by atoms with van der Waals surface area (Å²) in [5, 5.41) is 10.6. The Labute approximate surface area is 131 Å². The molecule has 0 saturated heterocycles. The van der Waals surface area contributed by atoms with Crippen molar-refractivity contribution in [1.29, 1.82) is 0 Å². The van der Waals surface area contributed by atoms with Crippen LogP contribution in [0.5, 0.6) is 0 Å². The van der Waals surface area contributed by atoms with Crippen molar-refractivity contribution in [3.05, 3.63) is 35.2 Å². The maximum atomic E-state index is 9.65. The van der Waals surface area contributed by atoms with Gasteiger partial charge in [0.2, 0.25) is 0 Å². The van der Waals surface area contributed by atoms with Crippen LogP contribution < -0.4 is 4.90 Å². The quantitative estimate of drug-likeness (QED) is 0.870. The first-order chi connectivity index (χ1) is 10.0. The van der Waals surface area contributed by atoms with Crippen LogP contribution in [-0.2, 0) is 6.61 Å². The van der Waals surface area contributed by atoms with Crippen molar-refractivity contribution in [1.82, 2.24) is 4.98 Å². The lowest BCUT2D eigenvalue weighted by molar-refractivity contribution is 0.286. The van der Waals surface area contributed by atoms with E-state index in [-0.39, 0.29) is 6.61 Å². The van der Waals surface area contributed by atoms with E-state index in [1.54, 1.807) is 11.3 Å². The number of aliphatic hydroxyl groups is 1. The average molecular weight is 304 g/mol. The van der Waals surface area contributed by atoms with Gasteiger partial charge in [0.25, 0.3) is 0 Å². The lowest BCUT2D eigenvalue weighted by Crippen LogP contribution is -2.34. The highest BCUT2D eigenvalue weighted by Crippen LogP contribution is 2.34. The van der Waals surface area contributed by atoms with Crippen LogP contribution in [-0.4, -0.2) is 22.7 Å². The van der Waals surface area contributed by atoms with Crippen LogP contribution in [0.15, 0.2) is 30.3 Å². The summed E-state index contributed by atoms with van der Waals surface area (Å²) in [5.41, 5.74) is 1.98. The van der Waals surface area contributed by atoms with Gasteiger partial charge >= 0.3 is 0 Å². The van der Waals surface area contributed by atoms with E-state index >= 15 is 0 Å². The highest BCUT2D eigenvalue weighted by atomic mass is 32.1. The molecule has 114 valence electrons. The molecule has 0 unspecified atom stereocenters. The lowest BCUT2D eigenvalue weighted by Gasteiger charge is -2.27. The number of thiazole rings is 1. The van der Waals surface area contributed by atoms with Crippen LogP contribution in [0.4, 0.5) is 5.13 Å². The zero-order valence-electron chi connectivity index (χ0n) is 13.2. The van der Waals surface area contributed by atoms with Gasteiger partial charge in [-0.1, -0.05) is 55.5 Å². The van der Waals surface area contributed by atoms with Crippen molar-refractivity contribution >= 4 is 16.5 Å². The van der Waals surface area contributed by atoms with E-state index in [2.05, 4.69) is 32.6 Å². The van der Waals surface area contributed by atoms with Crippen LogP contribution in [0.1, 0.15) is 32.6 Å². The van der Waals surface area contributed by atoms with Crippen molar-refractivity contribution in [2.45, 2.75) is 40.3 Å². The Morgan fingerprint density at radius 2 is 1.81 bits per heavy atom. The van der Waals surface area contributed by atoms with Crippen molar-refractivity contribution in [2.24, 2.45) is 5.92 Å². The van der Waals surface area contributed by atoms with E-state index < -0.39 is 0 Å². The van der Waals surface area contributed by atoms with E-state index in [1.807, 2.05) is 30.3 Å². The van der Waals surface area contributed by atoms with Crippen LogP contribution in [0.25, 0.3) is 11.3 Å². The molecular formula is C17H24N2OS. The van der Waals surface area contributed by atoms with Gasteiger partial charge in [-0.15, -0.1) is 0 Å². The van der Waals surface area contributed by atoms with Crippen LogP contribution in [0.2, 0.25) is 0 Å². The molecule has 0 aliphatic carbocycles. The maximum Gasteiger partial charge on any atom is 0.186 e. The molecular weight excluding hydrogens is 280 g/mol. The van der Waals surface area contributed by atoms with Gasteiger partial charge in [-0.05, 0) is 19.8 Å². The molecule has 0 saturated carbocycles. The fourth-order valence-electron chi connectivity index (χ4n) is 2.29. The summed E-state index contributed by atoms with van der Waals surface area (Å²) in [6.45, 7) is 9.82. The Bertz CT molecular complexity index is 563. The number of benzene rings is 1. The average Bonchev–Trinajstić information content (AvgIpc) is 2.89. The summed E-state index contributed by atoms with van der Waals surface area (Å²) < 4.78 is 0. The first-order valence-corrected chi connectivity index (χ1v) is 8.27. The highest BCUT2D eigenvalue weighted by molar-refractivity contribution is 7.16. The number of hydrogen-bond acceptors (Lipinski definition) is 4. The third-order valence-corrected chi connectivity index (χ3v) is 4.38. The molecule has 0 aliphatic rings. The van der Waals surface area contributed by atoms with E-state index in [1.165, 1.54) is 0 Å².